The minimum absolute atomic E-state index is 0.160. The molecule has 0 heterocycles. The SMILES string of the molecule is CCOC1CC(NCCCC(C)O)C12CCC2. The summed E-state index contributed by atoms with van der Waals surface area (Å²) in [6.07, 6.45) is 7.56. The van der Waals surface area contributed by atoms with Crippen molar-refractivity contribution in [1.29, 1.82) is 0 Å². The van der Waals surface area contributed by atoms with E-state index in [4.69, 9.17) is 4.74 Å². The summed E-state index contributed by atoms with van der Waals surface area (Å²) >= 11 is 0. The topological polar surface area (TPSA) is 41.5 Å². The van der Waals surface area contributed by atoms with E-state index in [-0.39, 0.29) is 6.10 Å². The summed E-state index contributed by atoms with van der Waals surface area (Å²) < 4.78 is 5.83. The van der Waals surface area contributed by atoms with E-state index < -0.39 is 0 Å². The predicted molar refractivity (Wildman–Crippen MR) is 69.0 cm³/mol. The molecule has 3 heteroatoms. The molecule has 0 saturated heterocycles. The van der Waals surface area contributed by atoms with Gasteiger partial charge in [-0.05, 0) is 52.5 Å². The summed E-state index contributed by atoms with van der Waals surface area (Å²) in [4.78, 5) is 0. The van der Waals surface area contributed by atoms with Gasteiger partial charge in [-0.2, -0.15) is 0 Å². The van der Waals surface area contributed by atoms with Crippen LogP contribution in [0.3, 0.4) is 0 Å². The van der Waals surface area contributed by atoms with Crippen LogP contribution in [-0.4, -0.2) is 36.5 Å². The van der Waals surface area contributed by atoms with Gasteiger partial charge in [0.05, 0.1) is 12.2 Å². The molecule has 0 aromatic carbocycles. The molecular weight excluding hydrogens is 214 g/mol. The molecule has 2 aliphatic rings. The summed E-state index contributed by atoms with van der Waals surface area (Å²) in [6, 6.07) is 0.668. The van der Waals surface area contributed by atoms with Gasteiger partial charge in [-0.25, -0.2) is 0 Å². The van der Waals surface area contributed by atoms with Crippen molar-refractivity contribution in [2.45, 2.75) is 70.6 Å². The molecule has 0 amide bonds. The normalized spacial score (nSPS) is 31.9. The van der Waals surface area contributed by atoms with Crippen LogP contribution < -0.4 is 5.32 Å². The Morgan fingerprint density at radius 3 is 2.76 bits per heavy atom. The Bertz CT molecular complexity index is 238. The molecule has 2 fully saturated rings. The third kappa shape index (κ3) is 2.67. The van der Waals surface area contributed by atoms with Gasteiger partial charge in [-0.3, -0.25) is 0 Å². The van der Waals surface area contributed by atoms with E-state index in [2.05, 4.69) is 12.2 Å². The van der Waals surface area contributed by atoms with Crippen molar-refractivity contribution in [2.24, 2.45) is 5.41 Å². The van der Waals surface area contributed by atoms with Gasteiger partial charge in [0.1, 0.15) is 0 Å². The Labute approximate surface area is 105 Å². The van der Waals surface area contributed by atoms with Gasteiger partial charge in [0.15, 0.2) is 0 Å². The lowest BCUT2D eigenvalue weighted by atomic mass is 9.51. The van der Waals surface area contributed by atoms with Crippen molar-refractivity contribution in [1.82, 2.24) is 5.32 Å². The molecule has 0 aromatic heterocycles. The molecule has 0 bridgehead atoms. The van der Waals surface area contributed by atoms with Crippen LogP contribution in [0.2, 0.25) is 0 Å². The monoisotopic (exact) mass is 241 g/mol. The minimum atomic E-state index is -0.160. The Balaban J connectivity index is 1.68. The van der Waals surface area contributed by atoms with E-state index in [0.29, 0.717) is 17.6 Å². The van der Waals surface area contributed by atoms with E-state index >= 15 is 0 Å². The molecule has 2 N–H and O–H groups in total. The molecule has 3 atom stereocenters. The van der Waals surface area contributed by atoms with Gasteiger partial charge in [0.2, 0.25) is 0 Å². The third-order valence-corrected chi connectivity index (χ3v) is 4.63. The summed E-state index contributed by atoms with van der Waals surface area (Å²) in [5.74, 6) is 0. The van der Waals surface area contributed by atoms with Crippen LogP contribution in [-0.2, 0) is 4.74 Å². The average molecular weight is 241 g/mol. The zero-order valence-electron chi connectivity index (χ0n) is 11.2. The van der Waals surface area contributed by atoms with Crippen molar-refractivity contribution in [3.05, 3.63) is 0 Å². The van der Waals surface area contributed by atoms with Crippen LogP contribution >= 0.6 is 0 Å². The Hall–Kier alpha value is -0.120. The smallest absolute Gasteiger partial charge is 0.0661 e. The Morgan fingerprint density at radius 2 is 2.24 bits per heavy atom. The van der Waals surface area contributed by atoms with E-state index in [1.54, 1.807) is 0 Å². The van der Waals surface area contributed by atoms with Gasteiger partial charge < -0.3 is 15.2 Å². The molecule has 2 aliphatic carbocycles. The number of aliphatic hydroxyl groups is 1. The lowest BCUT2D eigenvalue weighted by Crippen LogP contribution is -2.66. The first-order valence-corrected chi connectivity index (χ1v) is 7.22. The Kier molecular flexibility index (Phi) is 4.45. The van der Waals surface area contributed by atoms with Gasteiger partial charge in [-0.1, -0.05) is 6.42 Å². The number of ether oxygens (including phenoxy) is 1. The van der Waals surface area contributed by atoms with E-state index in [1.807, 2.05) is 6.92 Å². The van der Waals surface area contributed by atoms with Crippen molar-refractivity contribution in [3.63, 3.8) is 0 Å². The second-order valence-electron chi connectivity index (χ2n) is 5.76. The first kappa shape index (κ1) is 13.3. The molecule has 0 radical (unpaired) electrons. The van der Waals surface area contributed by atoms with Gasteiger partial charge in [0.25, 0.3) is 0 Å². The van der Waals surface area contributed by atoms with Crippen LogP contribution in [0.15, 0.2) is 0 Å². The van der Waals surface area contributed by atoms with Gasteiger partial charge in [-0.15, -0.1) is 0 Å². The summed E-state index contributed by atoms with van der Waals surface area (Å²) in [6.45, 7) is 5.84. The molecule has 3 unspecified atom stereocenters. The maximum absolute atomic E-state index is 9.21. The van der Waals surface area contributed by atoms with Crippen LogP contribution in [0, 0.1) is 5.41 Å². The first-order chi connectivity index (χ1) is 8.19. The standard InChI is InChI=1S/C14H27NO2/c1-3-17-13-10-12(14(13)7-5-8-14)15-9-4-6-11(2)16/h11-13,15-16H,3-10H2,1-2H3. The largest absolute Gasteiger partial charge is 0.393 e. The molecule has 17 heavy (non-hydrogen) atoms. The summed E-state index contributed by atoms with van der Waals surface area (Å²) in [5, 5.41) is 12.9. The lowest BCUT2D eigenvalue weighted by molar-refractivity contribution is -0.172. The highest BCUT2D eigenvalue weighted by molar-refractivity contribution is 5.12. The highest BCUT2D eigenvalue weighted by atomic mass is 16.5. The van der Waals surface area contributed by atoms with Gasteiger partial charge in [0, 0.05) is 18.1 Å². The predicted octanol–water partition coefficient (Wildman–Crippen LogP) is 2.08. The fraction of sp³-hybridized carbons (Fsp3) is 1.00. The highest BCUT2D eigenvalue weighted by Gasteiger charge is 2.58. The minimum Gasteiger partial charge on any atom is -0.393 e. The Morgan fingerprint density at radius 1 is 1.47 bits per heavy atom. The maximum Gasteiger partial charge on any atom is 0.0661 e. The maximum atomic E-state index is 9.21. The van der Waals surface area contributed by atoms with E-state index in [0.717, 1.165) is 26.0 Å². The van der Waals surface area contributed by atoms with E-state index in [1.165, 1.54) is 25.7 Å². The number of hydrogen-bond acceptors (Lipinski definition) is 3. The van der Waals surface area contributed by atoms with Crippen molar-refractivity contribution >= 4 is 0 Å². The fourth-order valence-electron chi connectivity index (χ4n) is 3.40. The van der Waals surface area contributed by atoms with Crippen molar-refractivity contribution in [2.75, 3.05) is 13.2 Å². The summed E-state index contributed by atoms with van der Waals surface area (Å²) in [7, 11) is 0. The number of nitrogens with one attached hydrogen (secondary N) is 1. The van der Waals surface area contributed by atoms with Crippen molar-refractivity contribution < 1.29 is 9.84 Å². The number of rotatable bonds is 7. The average Bonchev–Trinajstić information content (AvgIpc) is 2.18. The zero-order valence-corrected chi connectivity index (χ0v) is 11.2. The fourth-order valence-corrected chi connectivity index (χ4v) is 3.40. The number of hydrogen-bond donors (Lipinski definition) is 2. The summed E-state index contributed by atoms with van der Waals surface area (Å²) in [5.41, 5.74) is 0.473. The molecule has 100 valence electrons. The third-order valence-electron chi connectivity index (χ3n) is 4.63. The second-order valence-corrected chi connectivity index (χ2v) is 5.76. The zero-order chi connectivity index (χ0) is 12.3. The molecule has 0 aliphatic heterocycles. The first-order valence-electron chi connectivity index (χ1n) is 7.22. The second kappa shape index (κ2) is 5.68. The van der Waals surface area contributed by atoms with Crippen LogP contribution in [0.5, 0.6) is 0 Å². The quantitative estimate of drug-likeness (QED) is 0.671. The highest BCUT2D eigenvalue weighted by Crippen LogP contribution is 2.57. The molecule has 1 spiro atoms. The van der Waals surface area contributed by atoms with Crippen LogP contribution in [0.1, 0.15) is 52.4 Å². The van der Waals surface area contributed by atoms with Crippen LogP contribution in [0.4, 0.5) is 0 Å². The lowest BCUT2D eigenvalue weighted by Gasteiger charge is -2.61. The van der Waals surface area contributed by atoms with Crippen LogP contribution in [0.25, 0.3) is 0 Å². The number of aliphatic hydroxyl groups excluding tert-OH is 1. The molecule has 2 saturated carbocycles. The van der Waals surface area contributed by atoms with Crippen molar-refractivity contribution in [3.8, 4) is 0 Å². The molecule has 0 aromatic rings. The molecule has 2 rings (SSSR count). The van der Waals surface area contributed by atoms with E-state index in [9.17, 15) is 5.11 Å². The molecule has 3 nitrogen and oxygen atoms in total. The van der Waals surface area contributed by atoms with Gasteiger partial charge >= 0.3 is 0 Å². The molecular formula is C14H27NO2.